The van der Waals surface area contributed by atoms with Gasteiger partial charge in [-0.1, -0.05) is 37.6 Å². The summed E-state index contributed by atoms with van der Waals surface area (Å²) >= 11 is 0. The number of methoxy groups -OCH3 is 1. The fourth-order valence-electron chi connectivity index (χ4n) is 3.68. The van der Waals surface area contributed by atoms with Gasteiger partial charge >= 0.3 is 0 Å². The number of nitrogens with two attached hydrogens (primary N) is 1. The number of nitrogens with one attached hydrogen (secondary N) is 2. The highest BCUT2D eigenvalue weighted by Gasteiger charge is 2.16. The van der Waals surface area contributed by atoms with Crippen LogP contribution in [0, 0.1) is 11.8 Å². The van der Waals surface area contributed by atoms with E-state index in [1.165, 1.54) is 13.3 Å². The van der Waals surface area contributed by atoms with E-state index in [1.54, 1.807) is 12.1 Å². The Morgan fingerprint density at radius 1 is 1.27 bits per heavy atom. The van der Waals surface area contributed by atoms with E-state index in [2.05, 4.69) is 27.1 Å². The van der Waals surface area contributed by atoms with Crippen LogP contribution < -0.4 is 21.3 Å². The summed E-state index contributed by atoms with van der Waals surface area (Å²) in [7, 11) is 1.48. The Morgan fingerprint density at radius 2 is 2.06 bits per heavy atom. The number of H-pyrrole nitrogens is 1. The molecule has 33 heavy (non-hydrogen) atoms. The molecule has 168 valence electrons. The van der Waals surface area contributed by atoms with Crippen LogP contribution in [0.4, 0.5) is 5.82 Å². The van der Waals surface area contributed by atoms with E-state index in [-0.39, 0.29) is 18.7 Å². The number of aromatic nitrogens is 2. The van der Waals surface area contributed by atoms with E-state index >= 15 is 0 Å². The van der Waals surface area contributed by atoms with Gasteiger partial charge < -0.3 is 25.9 Å². The first kappa shape index (κ1) is 23.2. The molecule has 4 rings (SSSR count). The van der Waals surface area contributed by atoms with Gasteiger partial charge in [-0.25, -0.2) is 4.98 Å². The van der Waals surface area contributed by atoms with Gasteiger partial charge in [0.15, 0.2) is 11.5 Å². The number of rotatable bonds is 4. The smallest absolute Gasteiger partial charge is 0.293 e. The number of anilines is 1. The number of hydrogen-bond donors (Lipinski definition) is 4. The Hall–Kier alpha value is -4.51. The molecule has 0 saturated heterocycles. The zero-order valence-electron chi connectivity index (χ0n) is 17.4. The number of ether oxygens (including phenoxy) is 1. The number of primary amides is 1. The van der Waals surface area contributed by atoms with Gasteiger partial charge in [-0.3, -0.25) is 9.59 Å². The Labute approximate surface area is 190 Å². The third kappa shape index (κ3) is 4.16. The zero-order valence-corrected chi connectivity index (χ0v) is 17.4. The van der Waals surface area contributed by atoms with E-state index in [9.17, 15) is 14.7 Å². The number of para-hydroxylation sites is 1. The molecule has 0 aliphatic heterocycles. The molecule has 0 atom stereocenters. The predicted octanol–water partition coefficient (Wildman–Crippen LogP) is 3.36. The number of phenols is 1. The van der Waals surface area contributed by atoms with Crippen LogP contribution in [0.25, 0.3) is 32.8 Å². The van der Waals surface area contributed by atoms with E-state index in [4.69, 9.17) is 10.5 Å². The van der Waals surface area contributed by atoms with Gasteiger partial charge in [0, 0.05) is 35.0 Å². The molecule has 0 unspecified atom stereocenters. The molecule has 2 heterocycles. The molecule has 0 aliphatic carbocycles. The van der Waals surface area contributed by atoms with Gasteiger partial charge in [0.25, 0.3) is 11.5 Å². The molecule has 0 spiro atoms. The number of benzene rings is 2. The zero-order chi connectivity index (χ0) is 22.8. The van der Waals surface area contributed by atoms with Crippen LogP contribution in [0.5, 0.6) is 11.5 Å². The summed E-state index contributed by atoms with van der Waals surface area (Å²) in [5.41, 5.74) is 6.96. The van der Waals surface area contributed by atoms with Gasteiger partial charge in [-0.05, 0) is 24.6 Å². The summed E-state index contributed by atoms with van der Waals surface area (Å²) < 4.78 is 5.38. The summed E-state index contributed by atoms with van der Waals surface area (Å²) in [6.07, 6.45) is 1.41. The highest BCUT2D eigenvalue weighted by molar-refractivity contribution is 6.12. The molecule has 4 aromatic rings. The number of carbonyl (C=O) groups is 1. The minimum absolute atomic E-state index is 0. The van der Waals surface area contributed by atoms with Crippen LogP contribution in [0.2, 0.25) is 0 Å². The summed E-state index contributed by atoms with van der Waals surface area (Å²) in [5.74, 6) is 5.12. The van der Waals surface area contributed by atoms with Crippen molar-refractivity contribution in [3.05, 3.63) is 58.5 Å². The topological polar surface area (TPSA) is 130 Å². The second-order valence-electron chi connectivity index (χ2n) is 6.98. The number of carbonyl (C=O) groups excluding carboxylic acids is 1. The summed E-state index contributed by atoms with van der Waals surface area (Å²) in [5, 5.41) is 15.1. The van der Waals surface area contributed by atoms with Crippen molar-refractivity contribution in [2.24, 2.45) is 5.73 Å². The lowest BCUT2D eigenvalue weighted by Crippen LogP contribution is -2.11. The van der Waals surface area contributed by atoms with Crippen LogP contribution in [0.15, 0.2) is 47.4 Å². The molecule has 1 amide bonds. The minimum Gasteiger partial charge on any atom is -0.504 e. The highest BCUT2D eigenvalue weighted by atomic mass is 16.5. The standard InChI is InChI=1S/C24H20N4O4.CH4/c1-3-26-23-16-9-7-13(15-5-4-6-18(29)22(15)32-2)11-17(16)20-21(28-23)14(8-10-19(25)30)12-27-24(20)31;/h4-7,9,11-12,29H,3H2,1-2H3,(H2,25,30)(H,26,28)(H,27,31);1H4. The van der Waals surface area contributed by atoms with Gasteiger partial charge in [-0.15, -0.1) is 0 Å². The van der Waals surface area contributed by atoms with E-state index in [0.29, 0.717) is 45.5 Å². The lowest BCUT2D eigenvalue weighted by Gasteiger charge is -2.14. The fourth-order valence-corrected chi connectivity index (χ4v) is 3.68. The maximum atomic E-state index is 12.9. The molecule has 2 aromatic carbocycles. The molecule has 5 N–H and O–H groups in total. The third-order valence-corrected chi connectivity index (χ3v) is 5.01. The van der Waals surface area contributed by atoms with Crippen molar-refractivity contribution in [1.29, 1.82) is 0 Å². The number of fused-ring (bicyclic) bond motifs is 3. The number of phenolic OH excluding ortho intramolecular Hbond substituents is 1. The lowest BCUT2D eigenvalue weighted by molar-refractivity contribution is -0.112. The summed E-state index contributed by atoms with van der Waals surface area (Å²) in [4.78, 5) is 31.3. The number of hydrogen-bond acceptors (Lipinski definition) is 6. The van der Waals surface area contributed by atoms with E-state index in [0.717, 1.165) is 10.9 Å². The average molecular weight is 444 g/mol. The average Bonchev–Trinajstić information content (AvgIpc) is 2.78. The first-order valence-electron chi connectivity index (χ1n) is 9.85. The Bertz CT molecular complexity index is 1500. The molecular weight excluding hydrogens is 420 g/mol. The Kier molecular flexibility index (Phi) is 6.54. The second kappa shape index (κ2) is 9.32. The monoisotopic (exact) mass is 444 g/mol. The van der Waals surface area contributed by atoms with E-state index < -0.39 is 5.91 Å². The number of aromatic amines is 1. The van der Waals surface area contributed by atoms with Gasteiger partial charge in [-0.2, -0.15) is 0 Å². The second-order valence-corrected chi connectivity index (χ2v) is 6.98. The molecule has 0 bridgehead atoms. The molecule has 0 aliphatic rings. The normalized spacial score (nSPS) is 10.2. The number of aromatic hydroxyl groups is 1. The fraction of sp³-hybridized carbons (Fsp3) is 0.160. The first-order chi connectivity index (χ1) is 15.4. The number of amides is 1. The molecule has 8 heteroatoms. The van der Waals surface area contributed by atoms with Crippen molar-refractivity contribution < 1.29 is 14.6 Å². The third-order valence-electron chi connectivity index (χ3n) is 5.01. The summed E-state index contributed by atoms with van der Waals surface area (Å²) in [6, 6.07) is 10.7. The van der Waals surface area contributed by atoms with Gasteiger partial charge in [0.05, 0.1) is 23.6 Å². The Balaban J connectivity index is 0.00000306. The van der Waals surface area contributed by atoms with E-state index in [1.807, 2.05) is 31.2 Å². The molecular formula is C25H24N4O4. The Morgan fingerprint density at radius 3 is 2.76 bits per heavy atom. The van der Waals surface area contributed by atoms with Crippen LogP contribution in [0.1, 0.15) is 19.9 Å². The van der Waals surface area contributed by atoms with Crippen molar-refractivity contribution in [2.45, 2.75) is 14.4 Å². The van der Waals surface area contributed by atoms with Crippen LogP contribution in [0.3, 0.4) is 0 Å². The van der Waals surface area contributed by atoms with Crippen molar-refractivity contribution in [1.82, 2.24) is 9.97 Å². The maximum absolute atomic E-state index is 12.9. The van der Waals surface area contributed by atoms with Crippen LogP contribution in [-0.2, 0) is 4.79 Å². The van der Waals surface area contributed by atoms with Crippen molar-refractivity contribution in [3.63, 3.8) is 0 Å². The lowest BCUT2D eigenvalue weighted by atomic mass is 9.98. The number of pyridine rings is 2. The largest absolute Gasteiger partial charge is 0.504 e. The molecule has 2 aromatic heterocycles. The maximum Gasteiger partial charge on any atom is 0.293 e. The molecule has 0 radical (unpaired) electrons. The van der Waals surface area contributed by atoms with Crippen molar-refractivity contribution in [3.8, 4) is 34.5 Å². The molecule has 0 fully saturated rings. The highest BCUT2D eigenvalue weighted by Crippen LogP contribution is 2.39. The number of nitrogens with zero attached hydrogens (tertiary/aromatic N) is 1. The van der Waals surface area contributed by atoms with Gasteiger partial charge in [0.2, 0.25) is 0 Å². The van der Waals surface area contributed by atoms with Gasteiger partial charge in [0.1, 0.15) is 5.82 Å². The summed E-state index contributed by atoms with van der Waals surface area (Å²) in [6.45, 7) is 2.55. The predicted molar refractivity (Wildman–Crippen MR) is 130 cm³/mol. The molecule has 8 nitrogen and oxygen atoms in total. The molecule has 0 saturated carbocycles. The van der Waals surface area contributed by atoms with Crippen LogP contribution >= 0.6 is 0 Å². The quantitative estimate of drug-likeness (QED) is 0.282. The SMILES string of the molecule is C.CCNc1nc2c(C#CC(N)=O)c[nH]c(=O)c2c2cc(-c3cccc(O)c3OC)ccc12. The van der Waals surface area contributed by atoms with Crippen molar-refractivity contribution >= 4 is 33.4 Å². The first-order valence-corrected chi connectivity index (χ1v) is 9.85. The minimum atomic E-state index is -0.782. The van der Waals surface area contributed by atoms with Crippen LogP contribution in [-0.4, -0.2) is 34.6 Å². The van der Waals surface area contributed by atoms with Crippen molar-refractivity contribution in [2.75, 3.05) is 19.0 Å².